The summed E-state index contributed by atoms with van der Waals surface area (Å²) in [4.78, 5) is 10.3. The van der Waals surface area contributed by atoms with E-state index in [9.17, 15) is 4.39 Å². The normalized spacial score (nSPS) is 20.3. The fraction of sp³-hybridized carbons (Fsp3) is 0.692. The van der Waals surface area contributed by atoms with E-state index in [2.05, 4.69) is 27.1 Å². The molecule has 0 spiro atoms. The Labute approximate surface area is 108 Å². The van der Waals surface area contributed by atoms with Gasteiger partial charge < -0.3 is 10.2 Å². The van der Waals surface area contributed by atoms with Crippen molar-refractivity contribution in [3.63, 3.8) is 0 Å². The molecule has 1 saturated heterocycles. The van der Waals surface area contributed by atoms with Crippen LogP contribution in [0.1, 0.15) is 26.0 Å². The molecule has 0 aromatic carbocycles. The van der Waals surface area contributed by atoms with Crippen molar-refractivity contribution in [1.82, 2.24) is 14.9 Å². The molecule has 1 aliphatic heterocycles. The number of aromatic nitrogens is 2. The zero-order valence-corrected chi connectivity index (χ0v) is 11.1. The van der Waals surface area contributed by atoms with E-state index in [1.165, 1.54) is 12.7 Å². The maximum absolute atomic E-state index is 13.9. The highest BCUT2D eigenvalue weighted by Crippen LogP contribution is 2.18. The van der Waals surface area contributed by atoms with Crippen LogP contribution < -0.4 is 5.32 Å². The molecule has 1 unspecified atom stereocenters. The summed E-state index contributed by atoms with van der Waals surface area (Å²) < 4.78 is 13.9. The van der Waals surface area contributed by atoms with Gasteiger partial charge in [-0.2, -0.15) is 0 Å². The molecule has 1 N–H and O–H groups in total. The van der Waals surface area contributed by atoms with Gasteiger partial charge in [0.25, 0.3) is 0 Å². The first-order valence-electron chi connectivity index (χ1n) is 6.70. The second-order valence-corrected chi connectivity index (χ2v) is 4.77. The second-order valence-electron chi connectivity index (χ2n) is 4.77. The molecule has 100 valence electrons. The van der Waals surface area contributed by atoms with Crippen LogP contribution in [0.15, 0.2) is 6.33 Å². The molecule has 2 rings (SSSR count). The van der Waals surface area contributed by atoms with Gasteiger partial charge in [-0.25, -0.2) is 14.4 Å². The van der Waals surface area contributed by atoms with Gasteiger partial charge in [-0.3, -0.25) is 0 Å². The SMILES string of the molecule is CCc1ncnc(NCC2CCN(CC)C2)c1F. The molecule has 5 heteroatoms. The van der Waals surface area contributed by atoms with Gasteiger partial charge in [0, 0.05) is 13.1 Å². The lowest BCUT2D eigenvalue weighted by Gasteiger charge is -2.14. The lowest BCUT2D eigenvalue weighted by molar-refractivity contribution is 0.345. The van der Waals surface area contributed by atoms with Crippen molar-refractivity contribution in [1.29, 1.82) is 0 Å². The topological polar surface area (TPSA) is 41.1 Å². The molecule has 1 fully saturated rings. The van der Waals surface area contributed by atoms with Gasteiger partial charge in [0.2, 0.25) is 0 Å². The van der Waals surface area contributed by atoms with Crippen LogP contribution in [-0.2, 0) is 6.42 Å². The van der Waals surface area contributed by atoms with Crippen molar-refractivity contribution in [3.05, 3.63) is 17.8 Å². The first-order valence-corrected chi connectivity index (χ1v) is 6.70. The van der Waals surface area contributed by atoms with Gasteiger partial charge in [-0.1, -0.05) is 13.8 Å². The molecule has 2 heterocycles. The number of nitrogens with zero attached hydrogens (tertiary/aromatic N) is 3. The molecular weight excluding hydrogens is 231 g/mol. The lowest BCUT2D eigenvalue weighted by atomic mass is 10.1. The standard InChI is InChI=1S/C13H21FN4/c1-3-11-12(14)13(17-9-16-11)15-7-10-5-6-18(4-2)8-10/h9-10H,3-8H2,1-2H3,(H,15,16,17). The summed E-state index contributed by atoms with van der Waals surface area (Å²) in [5.74, 6) is 0.631. The summed E-state index contributed by atoms with van der Waals surface area (Å²) in [6, 6.07) is 0. The molecule has 1 atom stereocenters. The Kier molecular flexibility index (Phi) is 4.47. The zero-order valence-electron chi connectivity index (χ0n) is 11.1. The van der Waals surface area contributed by atoms with Crippen LogP contribution in [0.3, 0.4) is 0 Å². The van der Waals surface area contributed by atoms with Crippen LogP contribution in [0.5, 0.6) is 0 Å². The third-order valence-electron chi connectivity index (χ3n) is 3.57. The van der Waals surface area contributed by atoms with E-state index in [1.807, 2.05) is 6.92 Å². The molecule has 1 aromatic heterocycles. The van der Waals surface area contributed by atoms with Crippen LogP contribution in [0, 0.1) is 11.7 Å². The van der Waals surface area contributed by atoms with E-state index in [4.69, 9.17) is 0 Å². The number of aryl methyl sites for hydroxylation is 1. The highest BCUT2D eigenvalue weighted by atomic mass is 19.1. The Bertz CT molecular complexity index is 397. The van der Waals surface area contributed by atoms with Gasteiger partial charge in [-0.05, 0) is 31.8 Å². The van der Waals surface area contributed by atoms with E-state index >= 15 is 0 Å². The first kappa shape index (κ1) is 13.2. The van der Waals surface area contributed by atoms with Crippen molar-refractivity contribution in [2.45, 2.75) is 26.7 Å². The molecule has 0 amide bonds. The summed E-state index contributed by atoms with van der Waals surface area (Å²) in [6.45, 7) is 8.19. The number of anilines is 1. The number of rotatable bonds is 5. The van der Waals surface area contributed by atoms with E-state index in [0.717, 1.165) is 26.2 Å². The molecule has 4 nitrogen and oxygen atoms in total. The van der Waals surface area contributed by atoms with E-state index in [1.54, 1.807) is 0 Å². The Morgan fingerprint density at radius 1 is 1.44 bits per heavy atom. The summed E-state index contributed by atoms with van der Waals surface area (Å²) in [7, 11) is 0. The minimum absolute atomic E-state index is 0.301. The molecule has 0 saturated carbocycles. The Morgan fingerprint density at radius 2 is 2.28 bits per heavy atom. The average molecular weight is 252 g/mol. The van der Waals surface area contributed by atoms with Gasteiger partial charge >= 0.3 is 0 Å². The van der Waals surface area contributed by atoms with Crippen molar-refractivity contribution >= 4 is 5.82 Å². The number of hydrogen-bond donors (Lipinski definition) is 1. The lowest BCUT2D eigenvalue weighted by Crippen LogP contribution is -2.23. The number of hydrogen-bond acceptors (Lipinski definition) is 4. The fourth-order valence-electron chi connectivity index (χ4n) is 2.38. The van der Waals surface area contributed by atoms with Crippen molar-refractivity contribution < 1.29 is 4.39 Å². The third kappa shape index (κ3) is 2.96. The molecular formula is C13H21FN4. The first-order chi connectivity index (χ1) is 8.74. The van der Waals surface area contributed by atoms with Gasteiger partial charge in [0.1, 0.15) is 6.33 Å². The highest BCUT2D eigenvalue weighted by Gasteiger charge is 2.21. The Morgan fingerprint density at radius 3 is 2.94 bits per heavy atom. The van der Waals surface area contributed by atoms with E-state index in [-0.39, 0.29) is 5.82 Å². The molecule has 18 heavy (non-hydrogen) atoms. The van der Waals surface area contributed by atoms with Crippen LogP contribution >= 0.6 is 0 Å². The van der Waals surface area contributed by atoms with Crippen LogP contribution in [0.4, 0.5) is 10.2 Å². The van der Waals surface area contributed by atoms with Crippen LogP contribution in [-0.4, -0.2) is 41.0 Å². The van der Waals surface area contributed by atoms with Gasteiger partial charge in [0.05, 0.1) is 5.69 Å². The minimum atomic E-state index is -0.301. The molecule has 0 radical (unpaired) electrons. The summed E-state index contributed by atoms with van der Waals surface area (Å²) in [5, 5.41) is 3.12. The molecule has 1 aliphatic rings. The van der Waals surface area contributed by atoms with Gasteiger partial charge in [-0.15, -0.1) is 0 Å². The largest absolute Gasteiger partial charge is 0.367 e. The number of nitrogens with one attached hydrogen (secondary N) is 1. The van der Waals surface area contributed by atoms with E-state index in [0.29, 0.717) is 23.9 Å². The number of halogens is 1. The monoisotopic (exact) mass is 252 g/mol. The molecule has 0 bridgehead atoms. The minimum Gasteiger partial charge on any atom is -0.367 e. The quantitative estimate of drug-likeness (QED) is 0.869. The maximum Gasteiger partial charge on any atom is 0.186 e. The van der Waals surface area contributed by atoms with Crippen LogP contribution in [0.25, 0.3) is 0 Å². The van der Waals surface area contributed by atoms with Crippen LogP contribution in [0.2, 0.25) is 0 Å². The Balaban J connectivity index is 1.91. The molecule has 1 aromatic rings. The summed E-state index contributed by atoms with van der Waals surface area (Å²) in [5.41, 5.74) is 0.481. The average Bonchev–Trinajstić information content (AvgIpc) is 2.85. The van der Waals surface area contributed by atoms with E-state index < -0.39 is 0 Å². The van der Waals surface area contributed by atoms with Gasteiger partial charge in [0.15, 0.2) is 11.6 Å². The zero-order chi connectivity index (χ0) is 13.0. The molecule has 0 aliphatic carbocycles. The van der Waals surface area contributed by atoms with Crippen molar-refractivity contribution in [2.75, 3.05) is 31.5 Å². The second kappa shape index (κ2) is 6.09. The number of likely N-dealkylation sites (tertiary alicyclic amines) is 1. The third-order valence-corrected chi connectivity index (χ3v) is 3.57. The maximum atomic E-state index is 13.9. The Hall–Kier alpha value is -1.23. The fourth-order valence-corrected chi connectivity index (χ4v) is 2.38. The highest BCUT2D eigenvalue weighted by molar-refractivity contribution is 5.37. The predicted octanol–water partition coefficient (Wildman–Crippen LogP) is 1.93. The summed E-state index contributed by atoms with van der Waals surface area (Å²) >= 11 is 0. The summed E-state index contributed by atoms with van der Waals surface area (Å²) in [6.07, 6.45) is 3.20. The predicted molar refractivity (Wildman–Crippen MR) is 70.1 cm³/mol. The van der Waals surface area contributed by atoms with Crippen molar-refractivity contribution in [3.8, 4) is 0 Å². The van der Waals surface area contributed by atoms with Crippen molar-refractivity contribution in [2.24, 2.45) is 5.92 Å². The smallest absolute Gasteiger partial charge is 0.186 e.